The number of aryl methyl sites for hydroxylation is 1. The van der Waals surface area contributed by atoms with E-state index in [1.807, 2.05) is 74.1 Å². The molecule has 2 aliphatic heterocycles. The van der Waals surface area contributed by atoms with Crippen LogP contribution in [0.25, 0.3) is 0 Å². The van der Waals surface area contributed by atoms with Crippen molar-refractivity contribution in [1.82, 2.24) is 45.6 Å². The van der Waals surface area contributed by atoms with Crippen LogP contribution in [0.4, 0.5) is 26.3 Å². The second kappa shape index (κ2) is 19.4. The van der Waals surface area contributed by atoms with Crippen molar-refractivity contribution < 1.29 is 28.6 Å². The maximum absolute atomic E-state index is 13.4. The number of hydrogen-bond donors (Lipinski definition) is 3. The summed E-state index contributed by atoms with van der Waals surface area (Å²) in [4.78, 5) is 63.2. The molecule has 0 atom stereocenters. The number of anilines is 2. The van der Waals surface area contributed by atoms with Gasteiger partial charge in [0.1, 0.15) is 22.6 Å². The van der Waals surface area contributed by atoms with Crippen LogP contribution in [0, 0.1) is 6.92 Å². The van der Waals surface area contributed by atoms with Gasteiger partial charge in [0.05, 0.1) is 0 Å². The minimum atomic E-state index is -0.692. The molecule has 0 saturated carbocycles. The maximum Gasteiger partial charge on any atom is 0.410 e. The average Bonchev–Trinajstić information content (AvgIpc) is 2.98. The fourth-order valence-corrected chi connectivity index (χ4v) is 5.36. The molecule has 2 aliphatic rings. The van der Waals surface area contributed by atoms with Gasteiger partial charge in [-0.05, 0) is 69.2 Å². The minimum Gasteiger partial charge on any atom is -0.444 e. The Morgan fingerprint density at radius 1 is 0.462 bits per heavy atom. The molecule has 1 aromatic heterocycles. The lowest BCUT2D eigenvalue weighted by Gasteiger charge is -2.34. The zero-order chi connectivity index (χ0) is 38.5. The molecule has 3 N–H and O–H groups in total. The molecule has 0 aliphatic carbocycles. The first-order valence-electron chi connectivity index (χ1n) is 18.6. The molecule has 2 saturated heterocycles. The predicted molar refractivity (Wildman–Crippen MR) is 201 cm³/mol. The minimum absolute atomic E-state index is 0.258. The Hall–Kier alpha value is -3.70. The molecule has 17 heteroatoms. The molecule has 17 nitrogen and oxygen atoms in total. The molecule has 0 radical (unpaired) electrons. The maximum atomic E-state index is 13.4. The Morgan fingerprint density at radius 2 is 0.769 bits per heavy atom. The highest BCUT2D eigenvalue weighted by atomic mass is 16.6. The smallest absolute Gasteiger partial charge is 0.410 e. The summed E-state index contributed by atoms with van der Waals surface area (Å²) in [5.74, 6) is 1.57. The van der Waals surface area contributed by atoms with Gasteiger partial charge < -0.3 is 54.7 Å². The molecule has 3 amide bonds. The van der Waals surface area contributed by atoms with Gasteiger partial charge in [0.15, 0.2) is 0 Å². The van der Waals surface area contributed by atoms with E-state index >= 15 is 0 Å². The normalized spacial score (nSPS) is 18.7. The van der Waals surface area contributed by atoms with Crippen LogP contribution in [-0.4, -0.2) is 169 Å². The summed E-state index contributed by atoms with van der Waals surface area (Å²) >= 11 is 0. The number of aromatic nitrogens is 3. The SMILES string of the molecule is Cc1nc(N2CCNCCNCCN(C(=O)OC(C)(C)C)CC2)nc(N2CCNCCN(C(=O)OC(C)(C)C)CCN(C(=O)OC(C)(C)C)CC2)n1. The van der Waals surface area contributed by atoms with Crippen LogP contribution < -0.4 is 25.8 Å². The Bertz CT molecular complexity index is 1300. The van der Waals surface area contributed by atoms with E-state index in [1.54, 1.807) is 14.7 Å². The lowest BCUT2D eigenvalue weighted by atomic mass is 10.2. The summed E-state index contributed by atoms with van der Waals surface area (Å²) < 4.78 is 17.2. The number of nitrogens with zero attached hydrogens (tertiary/aromatic N) is 8. The van der Waals surface area contributed by atoms with Gasteiger partial charge in [-0.15, -0.1) is 0 Å². The number of hydrogen-bond acceptors (Lipinski definition) is 14. The van der Waals surface area contributed by atoms with E-state index in [4.69, 9.17) is 29.2 Å². The van der Waals surface area contributed by atoms with Crippen LogP contribution in [0.2, 0.25) is 0 Å². The summed E-state index contributed by atoms with van der Waals surface area (Å²) in [5.41, 5.74) is -1.94. The standard InChI is InChI=1S/C35H65N11O6/c1-27-39-28(42-17-13-36-11-12-37-15-19-44(23-21-42)30(47)50-33(2,3)4)41-29(40-27)43-18-14-38-16-20-45(31(48)51-34(5,6)7)25-26-46(24-22-43)32(49)52-35(8,9)10/h36-38H,11-26H2,1-10H3. The first kappa shape index (κ1) is 42.7. The van der Waals surface area contributed by atoms with Gasteiger partial charge in [-0.1, -0.05) is 0 Å². The highest BCUT2D eigenvalue weighted by molar-refractivity contribution is 5.70. The van der Waals surface area contributed by atoms with Crippen LogP contribution >= 0.6 is 0 Å². The first-order valence-corrected chi connectivity index (χ1v) is 18.6. The predicted octanol–water partition coefficient (Wildman–Crippen LogP) is 2.30. The van der Waals surface area contributed by atoms with Gasteiger partial charge in [0.25, 0.3) is 0 Å². The van der Waals surface area contributed by atoms with E-state index in [0.29, 0.717) is 96.3 Å². The Morgan fingerprint density at radius 3 is 1.13 bits per heavy atom. The van der Waals surface area contributed by atoms with Crippen molar-refractivity contribution in [3.8, 4) is 0 Å². The zero-order valence-electron chi connectivity index (χ0n) is 33.3. The topological polar surface area (TPSA) is 170 Å². The third kappa shape index (κ3) is 15.9. The lowest BCUT2D eigenvalue weighted by molar-refractivity contribution is 0.0138. The van der Waals surface area contributed by atoms with E-state index < -0.39 is 29.0 Å². The Balaban J connectivity index is 1.86. The van der Waals surface area contributed by atoms with Crippen LogP contribution in [0.3, 0.4) is 0 Å². The monoisotopic (exact) mass is 736 g/mol. The Labute approximate surface area is 310 Å². The molecular formula is C35H65N11O6. The van der Waals surface area contributed by atoms with Gasteiger partial charge in [0.2, 0.25) is 11.9 Å². The second-order valence-electron chi connectivity index (χ2n) is 16.1. The molecule has 0 bridgehead atoms. The van der Waals surface area contributed by atoms with Gasteiger partial charge in [-0.3, -0.25) is 0 Å². The van der Waals surface area contributed by atoms with Gasteiger partial charge in [-0.25, -0.2) is 14.4 Å². The number of carbonyl (C=O) groups excluding carboxylic acids is 3. The van der Waals surface area contributed by atoms with Crippen molar-refractivity contribution in [2.45, 2.75) is 86.0 Å². The second-order valence-corrected chi connectivity index (χ2v) is 16.1. The molecule has 2 fully saturated rings. The van der Waals surface area contributed by atoms with Crippen molar-refractivity contribution in [2.24, 2.45) is 0 Å². The van der Waals surface area contributed by atoms with Crippen molar-refractivity contribution in [3.63, 3.8) is 0 Å². The van der Waals surface area contributed by atoms with Gasteiger partial charge in [-0.2, -0.15) is 15.0 Å². The largest absolute Gasteiger partial charge is 0.444 e. The summed E-state index contributed by atoms with van der Waals surface area (Å²) in [6.45, 7) is 26.7. The fraction of sp³-hybridized carbons (Fsp3) is 0.829. The van der Waals surface area contributed by atoms with Crippen LogP contribution in [0.1, 0.15) is 68.1 Å². The van der Waals surface area contributed by atoms with Gasteiger partial charge >= 0.3 is 18.3 Å². The average molecular weight is 736 g/mol. The number of ether oxygens (including phenoxy) is 3. The molecule has 1 aromatic rings. The summed E-state index contributed by atoms with van der Waals surface area (Å²) in [5, 5.41) is 10.3. The summed E-state index contributed by atoms with van der Waals surface area (Å²) in [7, 11) is 0. The molecule has 296 valence electrons. The van der Waals surface area contributed by atoms with Crippen LogP contribution in [0.15, 0.2) is 0 Å². The molecule has 0 aromatic carbocycles. The van der Waals surface area contributed by atoms with E-state index in [2.05, 4.69) is 20.9 Å². The number of amides is 3. The fourth-order valence-electron chi connectivity index (χ4n) is 5.36. The van der Waals surface area contributed by atoms with E-state index in [0.717, 1.165) is 13.1 Å². The lowest BCUT2D eigenvalue weighted by Crippen LogP contribution is -2.49. The Kier molecular flexibility index (Phi) is 15.9. The van der Waals surface area contributed by atoms with Gasteiger partial charge in [0, 0.05) is 105 Å². The highest BCUT2D eigenvalue weighted by Crippen LogP contribution is 2.17. The first-order chi connectivity index (χ1) is 24.3. The number of rotatable bonds is 2. The summed E-state index contributed by atoms with van der Waals surface area (Å²) in [6, 6.07) is 0. The third-order valence-corrected chi connectivity index (χ3v) is 7.88. The zero-order valence-corrected chi connectivity index (χ0v) is 33.3. The van der Waals surface area contributed by atoms with Crippen molar-refractivity contribution in [1.29, 1.82) is 0 Å². The van der Waals surface area contributed by atoms with E-state index in [9.17, 15) is 14.4 Å². The van der Waals surface area contributed by atoms with Crippen molar-refractivity contribution in [3.05, 3.63) is 5.82 Å². The summed E-state index contributed by atoms with van der Waals surface area (Å²) in [6.07, 6.45) is -1.24. The molecule has 3 rings (SSSR count). The van der Waals surface area contributed by atoms with E-state index in [1.165, 1.54) is 0 Å². The molecule has 0 unspecified atom stereocenters. The van der Waals surface area contributed by atoms with Crippen molar-refractivity contribution >= 4 is 30.2 Å². The molecule has 3 heterocycles. The molecule has 0 spiro atoms. The van der Waals surface area contributed by atoms with E-state index in [-0.39, 0.29) is 19.2 Å². The highest BCUT2D eigenvalue weighted by Gasteiger charge is 2.28. The molecular weight excluding hydrogens is 670 g/mol. The number of nitrogens with one attached hydrogen (secondary N) is 3. The quantitative estimate of drug-likeness (QED) is 0.378. The molecule has 52 heavy (non-hydrogen) atoms. The van der Waals surface area contributed by atoms with Crippen LogP contribution in [-0.2, 0) is 14.2 Å². The van der Waals surface area contributed by atoms with Crippen LogP contribution in [0.5, 0.6) is 0 Å². The third-order valence-electron chi connectivity index (χ3n) is 7.88. The number of carbonyl (C=O) groups is 3. The van der Waals surface area contributed by atoms with Crippen molar-refractivity contribution in [2.75, 3.05) is 115 Å².